The molecule has 1 aromatic rings. The zero-order chi connectivity index (χ0) is 14.0. The van der Waals surface area contributed by atoms with Gasteiger partial charge in [0.25, 0.3) is 0 Å². The smallest absolute Gasteiger partial charge is 0.248 e. The normalized spacial score (nSPS) is 16.4. The highest BCUT2D eigenvalue weighted by molar-refractivity contribution is 5.95. The summed E-state index contributed by atoms with van der Waals surface area (Å²) in [6.07, 6.45) is 0.888. The van der Waals surface area contributed by atoms with Crippen molar-refractivity contribution in [2.75, 3.05) is 37.3 Å². The van der Waals surface area contributed by atoms with Crippen LogP contribution in [0.3, 0.4) is 0 Å². The van der Waals surface area contributed by atoms with Crippen molar-refractivity contribution in [1.82, 2.24) is 4.90 Å². The Balaban J connectivity index is 2.26. The molecule has 6 heteroatoms. The molecule has 1 aromatic carbocycles. The predicted molar refractivity (Wildman–Crippen MR) is 73.8 cm³/mol. The number of carbonyl (C=O) groups is 2. The van der Waals surface area contributed by atoms with Crippen LogP contribution < -0.4 is 16.4 Å². The van der Waals surface area contributed by atoms with E-state index in [1.54, 1.807) is 30.1 Å². The Kier molecular flexibility index (Phi) is 3.59. The molecule has 0 spiro atoms. The maximum atomic E-state index is 11.9. The van der Waals surface area contributed by atoms with Crippen molar-refractivity contribution < 1.29 is 9.59 Å². The molecule has 0 atom stereocenters. The third-order valence-electron chi connectivity index (χ3n) is 3.33. The minimum atomic E-state index is -0.509. The summed E-state index contributed by atoms with van der Waals surface area (Å²) < 4.78 is 0. The number of anilines is 2. The predicted octanol–water partition coefficient (Wildman–Crippen LogP) is 0.0362. The largest absolute Gasteiger partial charge is 0.397 e. The molecule has 0 unspecified atom stereocenters. The van der Waals surface area contributed by atoms with Crippen molar-refractivity contribution in [3.8, 4) is 0 Å². The van der Waals surface area contributed by atoms with Crippen LogP contribution in [0.4, 0.5) is 11.4 Å². The van der Waals surface area contributed by atoms with Gasteiger partial charge in [0, 0.05) is 25.7 Å². The number of primary amides is 1. The summed E-state index contributed by atoms with van der Waals surface area (Å²) in [4.78, 5) is 26.6. The van der Waals surface area contributed by atoms with Gasteiger partial charge in [0.05, 0.1) is 17.9 Å². The fraction of sp³-hybridized carbons (Fsp3) is 0.385. The lowest BCUT2D eigenvalue weighted by atomic mass is 10.1. The van der Waals surface area contributed by atoms with E-state index in [1.165, 1.54) is 0 Å². The molecule has 1 heterocycles. The second-order valence-electron chi connectivity index (χ2n) is 4.73. The van der Waals surface area contributed by atoms with Gasteiger partial charge >= 0.3 is 0 Å². The van der Waals surface area contributed by atoms with E-state index in [2.05, 4.69) is 0 Å². The van der Waals surface area contributed by atoms with Crippen molar-refractivity contribution in [3.63, 3.8) is 0 Å². The molecule has 1 aliphatic heterocycles. The quantitative estimate of drug-likeness (QED) is 0.736. The van der Waals surface area contributed by atoms with Crippen LogP contribution in [0.1, 0.15) is 16.8 Å². The first-order valence-corrected chi connectivity index (χ1v) is 6.17. The van der Waals surface area contributed by atoms with Gasteiger partial charge in [-0.3, -0.25) is 9.59 Å². The fourth-order valence-corrected chi connectivity index (χ4v) is 2.19. The van der Waals surface area contributed by atoms with Crippen LogP contribution in [-0.4, -0.2) is 43.4 Å². The lowest BCUT2D eigenvalue weighted by Crippen LogP contribution is -2.34. The third kappa shape index (κ3) is 2.78. The summed E-state index contributed by atoms with van der Waals surface area (Å²) >= 11 is 0. The minimum absolute atomic E-state index is 0.0656. The van der Waals surface area contributed by atoms with Crippen LogP contribution in [0, 0.1) is 0 Å². The molecule has 1 fully saturated rings. The van der Waals surface area contributed by atoms with Gasteiger partial charge in [-0.25, -0.2) is 0 Å². The highest BCUT2D eigenvalue weighted by Gasteiger charge is 2.20. The van der Waals surface area contributed by atoms with Crippen LogP contribution >= 0.6 is 0 Å². The van der Waals surface area contributed by atoms with Gasteiger partial charge in [-0.2, -0.15) is 0 Å². The maximum absolute atomic E-state index is 11.9. The number of hydrogen-bond donors (Lipinski definition) is 2. The molecular weight excluding hydrogens is 244 g/mol. The molecular formula is C13H18N4O2. The number of nitrogens with two attached hydrogens (primary N) is 2. The SMILES string of the molecule is CN1CCCN(c2ccc(C(N)=O)cc2N)CC1=O. The van der Waals surface area contributed by atoms with Crippen LogP contribution in [-0.2, 0) is 4.79 Å². The van der Waals surface area contributed by atoms with Gasteiger partial charge in [-0.05, 0) is 24.6 Å². The van der Waals surface area contributed by atoms with E-state index >= 15 is 0 Å². The second-order valence-corrected chi connectivity index (χ2v) is 4.73. The Morgan fingerprint density at radius 3 is 2.68 bits per heavy atom. The van der Waals surface area contributed by atoms with E-state index in [0.717, 1.165) is 25.2 Å². The van der Waals surface area contributed by atoms with E-state index in [9.17, 15) is 9.59 Å². The molecule has 2 rings (SSSR count). The molecule has 0 aliphatic carbocycles. The summed E-state index contributed by atoms with van der Waals surface area (Å²) in [5, 5.41) is 0. The van der Waals surface area contributed by atoms with Crippen molar-refractivity contribution in [2.24, 2.45) is 5.73 Å². The summed E-state index contributed by atoms with van der Waals surface area (Å²) in [7, 11) is 1.80. The second kappa shape index (κ2) is 5.17. The topological polar surface area (TPSA) is 92.7 Å². The van der Waals surface area contributed by atoms with Gasteiger partial charge in [0.2, 0.25) is 11.8 Å². The molecule has 1 aliphatic rings. The van der Waals surface area contributed by atoms with Crippen LogP contribution in [0.15, 0.2) is 18.2 Å². The number of hydrogen-bond acceptors (Lipinski definition) is 4. The lowest BCUT2D eigenvalue weighted by Gasteiger charge is -2.23. The van der Waals surface area contributed by atoms with Gasteiger partial charge in [-0.15, -0.1) is 0 Å². The molecule has 4 N–H and O–H groups in total. The monoisotopic (exact) mass is 262 g/mol. The van der Waals surface area contributed by atoms with Crippen LogP contribution in [0.2, 0.25) is 0 Å². The average Bonchev–Trinajstić information content (AvgIpc) is 2.52. The van der Waals surface area contributed by atoms with Gasteiger partial charge in [0.15, 0.2) is 0 Å². The Hall–Kier alpha value is -2.24. The van der Waals surface area contributed by atoms with Crippen molar-refractivity contribution in [2.45, 2.75) is 6.42 Å². The summed E-state index contributed by atoms with van der Waals surface area (Å²) in [5.41, 5.74) is 12.8. The highest BCUT2D eigenvalue weighted by atomic mass is 16.2. The molecule has 19 heavy (non-hydrogen) atoms. The molecule has 1 saturated heterocycles. The van der Waals surface area contributed by atoms with E-state index in [0.29, 0.717) is 17.8 Å². The third-order valence-corrected chi connectivity index (χ3v) is 3.33. The molecule has 0 radical (unpaired) electrons. The summed E-state index contributed by atoms with van der Waals surface area (Å²) in [6.45, 7) is 1.81. The Morgan fingerprint density at radius 2 is 2.05 bits per heavy atom. The zero-order valence-electron chi connectivity index (χ0n) is 10.9. The fourth-order valence-electron chi connectivity index (χ4n) is 2.19. The summed E-state index contributed by atoms with van der Waals surface area (Å²) in [5.74, 6) is -0.444. The number of amides is 2. The van der Waals surface area contributed by atoms with E-state index in [4.69, 9.17) is 11.5 Å². The molecule has 0 bridgehead atoms. The van der Waals surface area contributed by atoms with Crippen molar-refractivity contribution >= 4 is 23.2 Å². The maximum Gasteiger partial charge on any atom is 0.248 e. The van der Waals surface area contributed by atoms with Crippen molar-refractivity contribution in [1.29, 1.82) is 0 Å². The number of carbonyl (C=O) groups excluding carboxylic acids is 2. The van der Waals surface area contributed by atoms with Crippen molar-refractivity contribution in [3.05, 3.63) is 23.8 Å². The van der Waals surface area contributed by atoms with Gasteiger partial charge in [0.1, 0.15) is 0 Å². The first-order valence-electron chi connectivity index (χ1n) is 6.17. The number of nitrogens with zero attached hydrogens (tertiary/aromatic N) is 2. The zero-order valence-corrected chi connectivity index (χ0v) is 10.9. The Labute approximate surface area is 112 Å². The standard InChI is InChI=1S/C13H18N4O2/c1-16-5-2-6-17(8-12(16)18)11-4-3-9(13(15)19)7-10(11)14/h3-4,7H,2,5-6,8,14H2,1H3,(H2,15,19). The molecule has 0 aromatic heterocycles. The van der Waals surface area contributed by atoms with Crippen LogP contribution in [0.25, 0.3) is 0 Å². The highest BCUT2D eigenvalue weighted by Crippen LogP contribution is 2.25. The Morgan fingerprint density at radius 1 is 1.32 bits per heavy atom. The first kappa shape index (κ1) is 13.2. The molecule has 6 nitrogen and oxygen atoms in total. The number of benzene rings is 1. The molecule has 102 valence electrons. The van der Waals surface area contributed by atoms with Gasteiger partial charge in [-0.1, -0.05) is 0 Å². The molecule has 0 saturated carbocycles. The number of likely N-dealkylation sites (N-methyl/N-ethyl adjacent to an activating group) is 1. The number of nitrogen functional groups attached to an aromatic ring is 1. The molecule has 2 amide bonds. The number of rotatable bonds is 2. The van der Waals surface area contributed by atoms with Gasteiger partial charge < -0.3 is 21.3 Å². The first-order chi connectivity index (χ1) is 8.99. The van der Waals surface area contributed by atoms with Crippen LogP contribution in [0.5, 0.6) is 0 Å². The van der Waals surface area contributed by atoms with E-state index < -0.39 is 5.91 Å². The Bertz CT molecular complexity index is 515. The van der Waals surface area contributed by atoms with E-state index in [-0.39, 0.29) is 5.91 Å². The average molecular weight is 262 g/mol. The van der Waals surface area contributed by atoms with E-state index in [1.807, 2.05) is 4.90 Å². The lowest BCUT2D eigenvalue weighted by molar-refractivity contribution is -0.127. The minimum Gasteiger partial charge on any atom is -0.397 e. The summed E-state index contributed by atoms with van der Waals surface area (Å²) in [6, 6.07) is 4.93.